The fourth-order valence-electron chi connectivity index (χ4n) is 4.56. The minimum absolute atomic E-state index is 0.0656. The Morgan fingerprint density at radius 2 is 1.73 bits per heavy atom. The van der Waals surface area contributed by atoms with E-state index in [0.717, 1.165) is 43.6 Å². The molecule has 0 atom stereocenters. The molecular formula is C27H29F3N10O. The third kappa shape index (κ3) is 6.90. The Bertz CT molecular complexity index is 1530. The summed E-state index contributed by atoms with van der Waals surface area (Å²) in [6, 6.07) is 9.87. The maximum absolute atomic E-state index is 13.6. The molecule has 1 fully saturated rings. The summed E-state index contributed by atoms with van der Waals surface area (Å²) in [4.78, 5) is 27.5. The normalized spacial score (nSPS) is 13.7. The molecule has 14 heteroatoms. The van der Waals surface area contributed by atoms with Crippen LogP contribution in [-0.4, -0.2) is 55.8 Å². The van der Waals surface area contributed by atoms with Crippen molar-refractivity contribution in [3.05, 3.63) is 71.8 Å². The molecule has 1 aliphatic rings. The minimum atomic E-state index is -4.54. The number of likely N-dealkylation sites (tertiary alicyclic amines) is 1. The molecule has 0 aliphatic carbocycles. The zero-order chi connectivity index (χ0) is 29.0. The van der Waals surface area contributed by atoms with E-state index in [4.69, 9.17) is 0 Å². The lowest BCUT2D eigenvalue weighted by Crippen LogP contribution is -2.21. The Morgan fingerprint density at radius 1 is 0.951 bits per heavy atom. The molecule has 11 nitrogen and oxygen atoms in total. The predicted octanol–water partition coefficient (Wildman–Crippen LogP) is 5.41. The number of nitrogens with zero attached hydrogens (tertiary/aromatic N) is 6. The van der Waals surface area contributed by atoms with Crippen molar-refractivity contribution < 1.29 is 18.0 Å². The van der Waals surface area contributed by atoms with Crippen LogP contribution in [0.4, 0.5) is 46.8 Å². The molecule has 1 aliphatic heterocycles. The number of anilines is 5. The van der Waals surface area contributed by atoms with Crippen LogP contribution in [0, 0.1) is 6.92 Å². The molecular weight excluding hydrogens is 537 g/mol. The van der Waals surface area contributed by atoms with E-state index in [9.17, 15) is 18.0 Å². The summed E-state index contributed by atoms with van der Waals surface area (Å²) in [6.07, 6.45) is 0.293. The van der Waals surface area contributed by atoms with Crippen LogP contribution in [0.2, 0.25) is 0 Å². The number of rotatable bonds is 8. The predicted molar refractivity (Wildman–Crippen MR) is 150 cm³/mol. The maximum atomic E-state index is 13.6. The smallest absolute Gasteiger partial charge is 0.373 e. The zero-order valence-electron chi connectivity index (χ0n) is 22.5. The molecule has 3 heterocycles. The van der Waals surface area contributed by atoms with Crippen LogP contribution in [0.15, 0.2) is 55.1 Å². The molecule has 0 unspecified atom stereocenters. The van der Waals surface area contributed by atoms with E-state index in [0.29, 0.717) is 41.1 Å². The summed E-state index contributed by atoms with van der Waals surface area (Å²) in [5.41, 5.74) is 1.66. The van der Waals surface area contributed by atoms with Gasteiger partial charge in [0, 0.05) is 36.7 Å². The first kappa shape index (κ1) is 27.8. The molecule has 0 spiro atoms. The van der Waals surface area contributed by atoms with Gasteiger partial charge in [0.2, 0.25) is 5.95 Å². The number of hydrogen-bond acceptors (Lipinski definition) is 8. The van der Waals surface area contributed by atoms with E-state index in [-0.39, 0.29) is 5.69 Å². The molecule has 2 aromatic heterocycles. The lowest BCUT2D eigenvalue weighted by Gasteiger charge is -2.18. The Hall–Kier alpha value is -4.72. The van der Waals surface area contributed by atoms with Crippen molar-refractivity contribution in [1.82, 2.24) is 29.6 Å². The first-order valence-electron chi connectivity index (χ1n) is 13.0. The second kappa shape index (κ2) is 11.8. The van der Waals surface area contributed by atoms with Crippen molar-refractivity contribution in [3.8, 4) is 5.82 Å². The second-order valence-corrected chi connectivity index (χ2v) is 9.64. The van der Waals surface area contributed by atoms with Gasteiger partial charge in [0.15, 0.2) is 5.82 Å². The summed E-state index contributed by atoms with van der Waals surface area (Å²) in [5.74, 6) is 1.47. The summed E-state index contributed by atoms with van der Waals surface area (Å²) < 4.78 is 42.3. The highest BCUT2D eigenvalue weighted by Gasteiger charge is 2.31. The van der Waals surface area contributed by atoms with Crippen LogP contribution in [0.1, 0.15) is 29.5 Å². The number of alkyl halides is 3. The standard InChI is InChI=1S/C27H29F3N10O/c1-17-5-6-20(12-22(17)38-25-34-16-35-40(25)24-13-23(31-2)32-15-33-24)36-26(41)37-21-10-18(14-39-7-3-4-8-39)9-19(11-21)27(28,29)30/h5-6,9-13,15-16H,3-4,7-8,14H2,1-2H3,(H,31,32,33)(H,34,35,38)(H2,36,37,41). The number of aryl methyl sites for hydroxylation is 1. The van der Waals surface area contributed by atoms with Crippen molar-refractivity contribution in [2.24, 2.45) is 0 Å². The van der Waals surface area contributed by atoms with E-state index in [2.05, 4.69) is 46.2 Å². The van der Waals surface area contributed by atoms with Crippen molar-refractivity contribution >= 4 is 34.9 Å². The summed E-state index contributed by atoms with van der Waals surface area (Å²) in [5, 5.41) is 15.6. The summed E-state index contributed by atoms with van der Waals surface area (Å²) >= 11 is 0. The van der Waals surface area contributed by atoms with Crippen LogP contribution in [0.25, 0.3) is 5.82 Å². The Labute approximate surface area is 234 Å². The highest BCUT2D eigenvalue weighted by atomic mass is 19.4. The van der Waals surface area contributed by atoms with Gasteiger partial charge in [0.05, 0.1) is 5.56 Å². The first-order valence-corrected chi connectivity index (χ1v) is 13.0. The van der Waals surface area contributed by atoms with Gasteiger partial charge in [0.25, 0.3) is 0 Å². The number of hydrogen-bond donors (Lipinski definition) is 4. The molecule has 5 rings (SSSR count). The molecule has 0 radical (unpaired) electrons. The number of benzene rings is 2. The maximum Gasteiger partial charge on any atom is 0.416 e. The van der Waals surface area contributed by atoms with Gasteiger partial charge in [-0.25, -0.2) is 14.8 Å². The van der Waals surface area contributed by atoms with Gasteiger partial charge >= 0.3 is 12.2 Å². The Kier molecular flexibility index (Phi) is 8.01. The van der Waals surface area contributed by atoms with Crippen LogP contribution >= 0.6 is 0 Å². The quantitative estimate of drug-likeness (QED) is 0.223. The molecule has 0 bridgehead atoms. The third-order valence-corrected chi connectivity index (χ3v) is 6.60. The fraction of sp³-hybridized carbons (Fsp3) is 0.296. The van der Waals surface area contributed by atoms with Gasteiger partial charge < -0.3 is 21.3 Å². The SMILES string of the molecule is CNc1cc(-n2ncnc2Nc2cc(NC(=O)Nc3cc(CN4CCCC4)cc(C(F)(F)F)c3)ccc2C)ncn1. The van der Waals surface area contributed by atoms with Gasteiger partial charge in [-0.1, -0.05) is 6.07 Å². The van der Waals surface area contributed by atoms with Gasteiger partial charge in [0.1, 0.15) is 18.5 Å². The van der Waals surface area contributed by atoms with Crippen LogP contribution in [0.5, 0.6) is 0 Å². The monoisotopic (exact) mass is 566 g/mol. The van der Waals surface area contributed by atoms with Gasteiger partial charge in [-0.3, -0.25) is 4.90 Å². The average molecular weight is 567 g/mol. The minimum Gasteiger partial charge on any atom is -0.373 e. The summed E-state index contributed by atoms with van der Waals surface area (Å²) in [6.45, 7) is 3.95. The molecule has 4 N–H and O–H groups in total. The van der Waals surface area contributed by atoms with Gasteiger partial charge in [-0.15, -0.1) is 0 Å². The molecule has 214 valence electrons. The van der Waals surface area contributed by atoms with E-state index < -0.39 is 17.8 Å². The number of amides is 2. The zero-order valence-corrected chi connectivity index (χ0v) is 22.5. The molecule has 1 saturated heterocycles. The highest BCUT2D eigenvalue weighted by molar-refractivity contribution is 6.00. The van der Waals surface area contributed by atoms with Crippen molar-refractivity contribution in [2.45, 2.75) is 32.5 Å². The molecule has 2 aromatic carbocycles. The summed E-state index contributed by atoms with van der Waals surface area (Å²) in [7, 11) is 1.74. The average Bonchev–Trinajstić information content (AvgIpc) is 3.62. The number of carbonyl (C=O) groups is 1. The van der Waals surface area contributed by atoms with Crippen LogP contribution < -0.4 is 21.3 Å². The lowest BCUT2D eigenvalue weighted by atomic mass is 10.1. The largest absolute Gasteiger partial charge is 0.416 e. The van der Waals surface area contributed by atoms with E-state index in [1.807, 2.05) is 6.92 Å². The van der Waals surface area contributed by atoms with Crippen molar-refractivity contribution in [3.63, 3.8) is 0 Å². The topological polar surface area (TPSA) is 125 Å². The van der Waals surface area contributed by atoms with E-state index in [1.165, 1.54) is 17.3 Å². The van der Waals surface area contributed by atoms with Gasteiger partial charge in [-0.2, -0.15) is 27.9 Å². The van der Waals surface area contributed by atoms with Crippen LogP contribution in [-0.2, 0) is 12.7 Å². The van der Waals surface area contributed by atoms with Gasteiger partial charge in [-0.05, 0) is 74.3 Å². The van der Waals surface area contributed by atoms with Crippen molar-refractivity contribution in [2.75, 3.05) is 41.4 Å². The number of halogens is 3. The molecule has 41 heavy (non-hydrogen) atoms. The van der Waals surface area contributed by atoms with Crippen LogP contribution in [0.3, 0.4) is 0 Å². The van der Waals surface area contributed by atoms with E-state index >= 15 is 0 Å². The number of urea groups is 1. The third-order valence-electron chi connectivity index (χ3n) is 6.60. The Balaban J connectivity index is 1.31. The molecule has 2 amide bonds. The molecule has 0 saturated carbocycles. The highest BCUT2D eigenvalue weighted by Crippen LogP contribution is 2.33. The second-order valence-electron chi connectivity index (χ2n) is 9.64. The number of nitrogens with one attached hydrogen (secondary N) is 4. The number of carbonyl (C=O) groups excluding carboxylic acids is 1. The van der Waals surface area contributed by atoms with E-state index in [1.54, 1.807) is 37.4 Å². The molecule has 4 aromatic rings. The van der Waals surface area contributed by atoms with Crippen molar-refractivity contribution in [1.29, 1.82) is 0 Å². The fourth-order valence-corrected chi connectivity index (χ4v) is 4.56. The first-order chi connectivity index (χ1) is 19.7. The number of aromatic nitrogens is 5. The Morgan fingerprint density at radius 3 is 2.49 bits per heavy atom. The lowest BCUT2D eigenvalue weighted by molar-refractivity contribution is -0.137.